The van der Waals surface area contributed by atoms with Gasteiger partial charge in [0.2, 0.25) is 5.95 Å². The van der Waals surface area contributed by atoms with Gasteiger partial charge >= 0.3 is 0 Å². The van der Waals surface area contributed by atoms with Gasteiger partial charge < -0.3 is 19.9 Å². The van der Waals surface area contributed by atoms with Gasteiger partial charge in [0.15, 0.2) is 0 Å². The second-order valence-electron chi connectivity index (χ2n) is 7.31. The number of aryl methyl sites for hydroxylation is 1. The number of anilines is 2. The first-order valence-electron chi connectivity index (χ1n) is 9.96. The quantitative estimate of drug-likeness (QED) is 0.570. The molecule has 4 heterocycles. The Kier molecular flexibility index (Phi) is 6.46. The number of hydrogen-bond donors (Lipinski definition) is 1. The molecule has 2 aliphatic heterocycles. The van der Waals surface area contributed by atoms with Gasteiger partial charge in [0.25, 0.3) is 0 Å². The van der Waals surface area contributed by atoms with Gasteiger partial charge in [-0.1, -0.05) is 11.9 Å². The third-order valence-electron chi connectivity index (χ3n) is 5.13. The maximum absolute atomic E-state index is 5.41. The van der Waals surface area contributed by atoms with Gasteiger partial charge in [-0.2, -0.15) is 4.98 Å². The first-order chi connectivity index (χ1) is 13.7. The van der Waals surface area contributed by atoms with E-state index in [-0.39, 0.29) is 0 Å². The number of likely N-dealkylation sites (N-methyl/N-ethyl adjacent to an activating group) is 1. The summed E-state index contributed by atoms with van der Waals surface area (Å²) in [6.45, 7) is 10.5. The van der Waals surface area contributed by atoms with Crippen molar-refractivity contribution < 1.29 is 4.74 Å². The Bertz CT molecular complexity index is 791. The molecule has 0 unspecified atom stereocenters. The Balaban J connectivity index is 1.47. The summed E-state index contributed by atoms with van der Waals surface area (Å²) >= 11 is 1.88. The van der Waals surface area contributed by atoms with Crippen LogP contribution in [0.5, 0.6) is 0 Å². The van der Waals surface area contributed by atoms with Crippen LogP contribution in [-0.2, 0) is 4.74 Å². The smallest absolute Gasteiger partial charge is 0.228 e. The van der Waals surface area contributed by atoms with E-state index in [1.54, 1.807) is 0 Å². The van der Waals surface area contributed by atoms with Crippen LogP contribution in [0.25, 0.3) is 10.9 Å². The van der Waals surface area contributed by atoms with Gasteiger partial charge in [0.05, 0.1) is 24.9 Å². The number of fused-ring (bicyclic) bond motifs is 1. The van der Waals surface area contributed by atoms with Gasteiger partial charge in [-0.25, -0.2) is 9.29 Å². The van der Waals surface area contributed by atoms with E-state index in [4.69, 9.17) is 14.7 Å². The number of rotatable bonds is 6. The fourth-order valence-electron chi connectivity index (χ4n) is 3.43. The predicted molar refractivity (Wildman–Crippen MR) is 115 cm³/mol. The van der Waals surface area contributed by atoms with E-state index < -0.39 is 0 Å². The summed E-state index contributed by atoms with van der Waals surface area (Å²) in [7, 11) is 2.16. The minimum absolute atomic E-state index is 0.801. The van der Waals surface area contributed by atoms with Crippen molar-refractivity contribution in [2.45, 2.75) is 6.92 Å². The van der Waals surface area contributed by atoms with Crippen molar-refractivity contribution >= 4 is 34.6 Å². The van der Waals surface area contributed by atoms with Crippen LogP contribution in [0.4, 0.5) is 11.8 Å². The van der Waals surface area contributed by atoms with Gasteiger partial charge in [-0.3, -0.25) is 4.98 Å². The van der Waals surface area contributed by atoms with E-state index in [9.17, 15) is 0 Å². The van der Waals surface area contributed by atoms with Crippen molar-refractivity contribution in [2.75, 3.05) is 82.0 Å². The Labute approximate surface area is 170 Å². The lowest BCUT2D eigenvalue weighted by atomic mass is 10.2. The van der Waals surface area contributed by atoms with Crippen LogP contribution < -0.4 is 10.2 Å². The Morgan fingerprint density at radius 3 is 2.68 bits per heavy atom. The third-order valence-corrected chi connectivity index (χ3v) is 6.25. The topological polar surface area (TPSA) is 69.7 Å². The van der Waals surface area contributed by atoms with Crippen molar-refractivity contribution in [2.24, 2.45) is 0 Å². The average molecular weight is 404 g/mol. The van der Waals surface area contributed by atoms with Crippen LogP contribution in [0.15, 0.2) is 12.3 Å². The number of pyridine rings is 1. The predicted octanol–water partition coefficient (Wildman–Crippen LogP) is 1.48. The maximum atomic E-state index is 5.41. The second-order valence-corrected chi connectivity index (χ2v) is 8.49. The lowest BCUT2D eigenvalue weighted by molar-refractivity contribution is 0.0773. The Morgan fingerprint density at radius 2 is 1.89 bits per heavy atom. The minimum atomic E-state index is 0.801. The van der Waals surface area contributed by atoms with Crippen LogP contribution in [0, 0.1) is 6.92 Å². The van der Waals surface area contributed by atoms with E-state index in [0.717, 1.165) is 93.1 Å². The molecule has 2 aromatic heterocycles. The molecule has 4 rings (SSSR count). The van der Waals surface area contributed by atoms with Crippen LogP contribution >= 0.6 is 11.9 Å². The first-order valence-corrected chi connectivity index (χ1v) is 10.9. The molecule has 8 nitrogen and oxygen atoms in total. The standard InChI is InChI=1S/C19H29N7OS/c1-15-13-16-17(14-21-15)22-19(25-6-4-24(2)5-7-25)23-18(16)20-3-12-28-26-8-10-27-11-9-26/h13-14H,3-12H2,1-2H3,(H,20,22,23). The Hall–Kier alpha value is -1.68. The van der Waals surface area contributed by atoms with Crippen LogP contribution in [-0.4, -0.2) is 96.0 Å². The molecule has 0 amide bonds. The number of hydrogen-bond acceptors (Lipinski definition) is 9. The molecule has 0 aromatic carbocycles. The highest BCUT2D eigenvalue weighted by molar-refractivity contribution is 7.97. The zero-order valence-corrected chi connectivity index (χ0v) is 17.5. The molecule has 2 fully saturated rings. The molecule has 0 spiro atoms. The molecular weight excluding hydrogens is 374 g/mol. The van der Waals surface area contributed by atoms with Gasteiger partial charge in [-0.15, -0.1) is 0 Å². The summed E-state index contributed by atoms with van der Waals surface area (Å²) in [5, 5.41) is 4.59. The summed E-state index contributed by atoms with van der Waals surface area (Å²) in [6.07, 6.45) is 1.86. The lowest BCUT2D eigenvalue weighted by Gasteiger charge is -2.32. The summed E-state index contributed by atoms with van der Waals surface area (Å²) in [5.74, 6) is 2.71. The maximum Gasteiger partial charge on any atom is 0.228 e. The number of aromatic nitrogens is 3. The fourth-order valence-corrected chi connectivity index (χ4v) is 4.29. The third kappa shape index (κ3) is 4.83. The molecule has 28 heavy (non-hydrogen) atoms. The number of morpholine rings is 1. The minimum Gasteiger partial charge on any atom is -0.379 e. The van der Waals surface area contributed by atoms with Crippen molar-refractivity contribution in [3.8, 4) is 0 Å². The van der Waals surface area contributed by atoms with Crippen molar-refractivity contribution in [1.29, 1.82) is 0 Å². The Morgan fingerprint density at radius 1 is 1.11 bits per heavy atom. The molecular formula is C19H29N7OS. The fraction of sp³-hybridized carbons (Fsp3) is 0.632. The second kappa shape index (κ2) is 9.21. The zero-order chi connectivity index (χ0) is 19.3. The van der Waals surface area contributed by atoms with Crippen molar-refractivity contribution in [1.82, 2.24) is 24.2 Å². The molecule has 9 heteroatoms. The van der Waals surface area contributed by atoms with Crippen LogP contribution in [0.2, 0.25) is 0 Å². The molecule has 2 saturated heterocycles. The molecule has 2 aliphatic rings. The van der Waals surface area contributed by atoms with E-state index in [1.807, 2.05) is 25.1 Å². The normalized spacial score (nSPS) is 19.3. The molecule has 0 saturated carbocycles. The monoisotopic (exact) mass is 403 g/mol. The molecule has 2 aromatic rings. The molecule has 0 bridgehead atoms. The van der Waals surface area contributed by atoms with Crippen molar-refractivity contribution in [3.05, 3.63) is 18.0 Å². The largest absolute Gasteiger partial charge is 0.379 e. The first kappa shape index (κ1) is 19.6. The highest BCUT2D eigenvalue weighted by Gasteiger charge is 2.19. The summed E-state index contributed by atoms with van der Waals surface area (Å²) < 4.78 is 7.79. The van der Waals surface area contributed by atoms with Gasteiger partial charge in [0, 0.05) is 62.6 Å². The number of nitrogens with one attached hydrogen (secondary N) is 1. The number of piperazine rings is 1. The van der Waals surface area contributed by atoms with E-state index >= 15 is 0 Å². The SMILES string of the molecule is Cc1cc2c(NCCSN3CCOCC3)nc(N3CCN(C)CC3)nc2cn1. The van der Waals surface area contributed by atoms with Crippen LogP contribution in [0.1, 0.15) is 5.69 Å². The summed E-state index contributed by atoms with van der Waals surface area (Å²) in [6, 6.07) is 2.07. The van der Waals surface area contributed by atoms with Crippen molar-refractivity contribution in [3.63, 3.8) is 0 Å². The number of ether oxygens (including phenoxy) is 1. The van der Waals surface area contributed by atoms with E-state index in [1.165, 1.54) is 0 Å². The highest BCUT2D eigenvalue weighted by atomic mass is 32.2. The molecule has 0 atom stereocenters. The summed E-state index contributed by atoms with van der Waals surface area (Å²) in [4.78, 5) is 18.7. The van der Waals surface area contributed by atoms with E-state index in [2.05, 4.69) is 37.5 Å². The van der Waals surface area contributed by atoms with Gasteiger partial charge in [0.1, 0.15) is 5.82 Å². The highest BCUT2D eigenvalue weighted by Crippen LogP contribution is 2.24. The van der Waals surface area contributed by atoms with Gasteiger partial charge in [-0.05, 0) is 20.0 Å². The molecule has 0 radical (unpaired) electrons. The summed E-state index contributed by atoms with van der Waals surface area (Å²) in [5.41, 5.74) is 1.88. The molecule has 0 aliphatic carbocycles. The molecule has 1 N–H and O–H groups in total. The lowest BCUT2D eigenvalue weighted by Crippen LogP contribution is -2.45. The number of nitrogens with zero attached hydrogens (tertiary/aromatic N) is 6. The molecule has 152 valence electrons. The zero-order valence-electron chi connectivity index (χ0n) is 16.7. The van der Waals surface area contributed by atoms with E-state index in [0.29, 0.717) is 0 Å². The van der Waals surface area contributed by atoms with Crippen LogP contribution in [0.3, 0.4) is 0 Å². The average Bonchev–Trinajstić information content (AvgIpc) is 2.72.